The molecular formula is C18H22N2O2S. The second-order valence-corrected chi connectivity index (χ2v) is 7.21. The molecule has 1 aromatic heterocycles. The number of benzene rings is 1. The first kappa shape index (κ1) is 16.0. The Morgan fingerprint density at radius 2 is 2.09 bits per heavy atom. The molecule has 3 rings (SSSR count). The molecule has 122 valence electrons. The minimum atomic E-state index is 0.107. The molecule has 0 spiro atoms. The van der Waals surface area contributed by atoms with Gasteiger partial charge >= 0.3 is 0 Å². The van der Waals surface area contributed by atoms with Crippen LogP contribution in [0, 0.1) is 13.8 Å². The number of rotatable bonds is 5. The lowest BCUT2D eigenvalue weighted by atomic mass is 10.1. The van der Waals surface area contributed by atoms with Gasteiger partial charge in [-0.15, -0.1) is 11.3 Å². The van der Waals surface area contributed by atoms with Crippen LogP contribution in [0.5, 0.6) is 5.75 Å². The van der Waals surface area contributed by atoms with E-state index in [1.165, 1.54) is 5.56 Å². The Kier molecular flexibility index (Phi) is 4.66. The zero-order valence-corrected chi connectivity index (χ0v) is 14.7. The van der Waals surface area contributed by atoms with Crippen LogP contribution >= 0.6 is 11.3 Å². The van der Waals surface area contributed by atoms with Crippen LogP contribution in [-0.4, -0.2) is 35.0 Å². The molecule has 0 bridgehead atoms. The Morgan fingerprint density at radius 1 is 1.35 bits per heavy atom. The van der Waals surface area contributed by atoms with E-state index in [1.807, 2.05) is 36.9 Å². The smallest absolute Gasteiger partial charge is 0.228 e. The predicted octanol–water partition coefficient (Wildman–Crippen LogP) is 3.15. The van der Waals surface area contributed by atoms with Crippen molar-refractivity contribution in [3.63, 3.8) is 0 Å². The highest BCUT2D eigenvalue weighted by Crippen LogP contribution is 2.24. The highest BCUT2D eigenvalue weighted by molar-refractivity contribution is 7.11. The van der Waals surface area contributed by atoms with Gasteiger partial charge in [-0.3, -0.25) is 4.79 Å². The number of hydrogen-bond donors (Lipinski definition) is 0. The predicted molar refractivity (Wildman–Crippen MR) is 92.1 cm³/mol. The van der Waals surface area contributed by atoms with Crippen molar-refractivity contribution in [3.05, 3.63) is 45.4 Å². The number of hydrogen-bond acceptors (Lipinski definition) is 4. The molecule has 1 aliphatic rings. The van der Waals surface area contributed by atoms with E-state index in [0.29, 0.717) is 19.5 Å². The molecule has 2 aromatic rings. The van der Waals surface area contributed by atoms with Crippen molar-refractivity contribution in [3.8, 4) is 5.75 Å². The van der Waals surface area contributed by atoms with Crippen molar-refractivity contribution in [2.45, 2.75) is 39.7 Å². The Hall–Kier alpha value is -1.88. The highest BCUT2D eigenvalue weighted by Gasteiger charge is 2.32. The van der Waals surface area contributed by atoms with E-state index in [2.05, 4.69) is 18.0 Å². The Bertz CT molecular complexity index is 705. The van der Waals surface area contributed by atoms with Crippen molar-refractivity contribution in [2.24, 2.45) is 0 Å². The first-order chi connectivity index (χ1) is 11.1. The summed E-state index contributed by atoms with van der Waals surface area (Å²) in [5.74, 6) is 1.11. The van der Waals surface area contributed by atoms with Gasteiger partial charge in [-0.2, -0.15) is 0 Å². The molecule has 1 aliphatic heterocycles. The molecule has 0 radical (unpaired) electrons. The average molecular weight is 330 g/mol. The maximum atomic E-state index is 12.3. The third-order valence-corrected chi connectivity index (χ3v) is 5.23. The zero-order chi connectivity index (χ0) is 16.4. The van der Waals surface area contributed by atoms with Gasteiger partial charge in [0.25, 0.3) is 0 Å². The molecule has 0 unspecified atom stereocenters. The number of thiazole rings is 1. The summed E-state index contributed by atoms with van der Waals surface area (Å²) in [4.78, 5) is 19.7. The van der Waals surface area contributed by atoms with Crippen LogP contribution in [0.1, 0.15) is 28.1 Å². The average Bonchev–Trinajstić information content (AvgIpc) is 2.80. The van der Waals surface area contributed by atoms with Gasteiger partial charge in [-0.05, 0) is 31.9 Å². The summed E-state index contributed by atoms with van der Waals surface area (Å²) in [7, 11) is 0. The number of carbonyl (C=O) groups is 1. The minimum absolute atomic E-state index is 0.107. The molecule has 23 heavy (non-hydrogen) atoms. The SMILES string of the molecule is CCc1ccccc1OC1CN(C(=O)Cc2sc(C)nc2C)C1. The number of carbonyl (C=O) groups excluding carboxylic acids is 1. The summed E-state index contributed by atoms with van der Waals surface area (Å²) < 4.78 is 6.03. The summed E-state index contributed by atoms with van der Waals surface area (Å²) in [6.07, 6.45) is 1.52. The van der Waals surface area contributed by atoms with Gasteiger partial charge in [0.2, 0.25) is 5.91 Å². The van der Waals surface area contributed by atoms with E-state index in [0.717, 1.165) is 27.7 Å². The third kappa shape index (κ3) is 3.55. The van der Waals surface area contributed by atoms with Crippen LogP contribution in [0.3, 0.4) is 0 Å². The molecule has 0 N–H and O–H groups in total. The lowest BCUT2D eigenvalue weighted by molar-refractivity contribution is -0.139. The van der Waals surface area contributed by atoms with Gasteiger partial charge in [0.15, 0.2) is 0 Å². The number of aryl methyl sites for hydroxylation is 3. The molecule has 0 aliphatic carbocycles. The Balaban J connectivity index is 1.52. The lowest BCUT2D eigenvalue weighted by Gasteiger charge is -2.39. The van der Waals surface area contributed by atoms with Crippen molar-refractivity contribution in [1.82, 2.24) is 9.88 Å². The van der Waals surface area contributed by atoms with Crippen LogP contribution < -0.4 is 4.74 Å². The van der Waals surface area contributed by atoms with Gasteiger partial charge < -0.3 is 9.64 Å². The van der Waals surface area contributed by atoms with Crippen LogP contribution in [0.25, 0.3) is 0 Å². The minimum Gasteiger partial charge on any atom is -0.486 e. The first-order valence-corrected chi connectivity index (χ1v) is 8.83. The summed E-state index contributed by atoms with van der Waals surface area (Å²) >= 11 is 1.61. The van der Waals surface area contributed by atoms with E-state index in [1.54, 1.807) is 11.3 Å². The molecule has 1 saturated heterocycles. The quantitative estimate of drug-likeness (QED) is 0.846. The standard InChI is InChI=1S/C18H22N2O2S/c1-4-14-7-5-6-8-16(14)22-15-10-20(11-15)18(21)9-17-12(2)19-13(3)23-17/h5-8,15H,4,9-11H2,1-3H3. The molecule has 5 heteroatoms. The number of amides is 1. The van der Waals surface area contributed by atoms with Crippen LogP contribution in [-0.2, 0) is 17.6 Å². The van der Waals surface area contributed by atoms with Gasteiger partial charge in [-0.25, -0.2) is 4.98 Å². The molecular weight excluding hydrogens is 308 g/mol. The fraction of sp³-hybridized carbons (Fsp3) is 0.444. The molecule has 0 saturated carbocycles. The number of para-hydroxylation sites is 1. The second kappa shape index (κ2) is 6.71. The maximum Gasteiger partial charge on any atom is 0.228 e. The normalized spacial score (nSPS) is 14.7. The fourth-order valence-electron chi connectivity index (χ4n) is 2.79. The first-order valence-electron chi connectivity index (χ1n) is 8.02. The van der Waals surface area contributed by atoms with Crippen molar-refractivity contribution < 1.29 is 9.53 Å². The fourth-order valence-corrected chi connectivity index (χ4v) is 3.72. The van der Waals surface area contributed by atoms with Crippen LogP contribution in [0.2, 0.25) is 0 Å². The van der Waals surface area contributed by atoms with Gasteiger partial charge in [0.1, 0.15) is 11.9 Å². The van der Waals surface area contributed by atoms with E-state index < -0.39 is 0 Å². The van der Waals surface area contributed by atoms with E-state index in [9.17, 15) is 4.79 Å². The van der Waals surface area contributed by atoms with Crippen molar-refractivity contribution >= 4 is 17.2 Å². The monoisotopic (exact) mass is 330 g/mol. The van der Waals surface area contributed by atoms with Crippen LogP contribution in [0.15, 0.2) is 24.3 Å². The largest absolute Gasteiger partial charge is 0.486 e. The zero-order valence-electron chi connectivity index (χ0n) is 13.8. The van der Waals surface area contributed by atoms with E-state index in [4.69, 9.17) is 4.74 Å². The van der Waals surface area contributed by atoms with Gasteiger partial charge in [-0.1, -0.05) is 25.1 Å². The molecule has 1 amide bonds. The molecule has 1 aromatic carbocycles. The molecule has 1 fully saturated rings. The maximum absolute atomic E-state index is 12.3. The van der Waals surface area contributed by atoms with Crippen LogP contribution in [0.4, 0.5) is 0 Å². The molecule has 0 atom stereocenters. The molecule has 4 nitrogen and oxygen atoms in total. The van der Waals surface area contributed by atoms with E-state index >= 15 is 0 Å². The summed E-state index contributed by atoms with van der Waals surface area (Å²) in [6, 6.07) is 8.12. The number of aromatic nitrogens is 1. The lowest BCUT2D eigenvalue weighted by Crippen LogP contribution is -2.56. The number of likely N-dealkylation sites (tertiary alicyclic amines) is 1. The number of ether oxygens (including phenoxy) is 1. The highest BCUT2D eigenvalue weighted by atomic mass is 32.1. The molecule has 2 heterocycles. The van der Waals surface area contributed by atoms with Gasteiger partial charge in [0.05, 0.1) is 30.2 Å². The summed E-state index contributed by atoms with van der Waals surface area (Å²) in [6.45, 7) is 7.42. The van der Waals surface area contributed by atoms with E-state index in [-0.39, 0.29) is 12.0 Å². The van der Waals surface area contributed by atoms with Gasteiger partial charge in [0, 0.05) is 4.88 Å². The Labute approximate surface area is 141 Å². The third-order valence-electron chi connectivity index (χ3n) is 4.16. The topological polar surface area (TPSA) is 42.4 Å². The number of nitrogens with zero attached hydrogens (tertiary/aromatic N) is 2. The summed E-state index contributed by atoms with van der Waals surface area (Å²) in [5.41, 5.74) is 2.19. The summed E-state index contributed by atoms with van der Waals surface area (Å²) in [5, 5.41) is 1.02. The van der Waals surface area contributed by atoms with Crippen molar-refractivity contribution in [1.29, 1.82) is 0 Å². The second-order valence-electron chi connectivity index (χ2n) is 5.92. The van der Waals surface area contributed by atoms with Crippen molar-refractivity contribution in [2.75, 3.05) is 13.1 Å². The Morgan fingerprint density at radius 3 is 2.74 bits per heavy atom.